The Bertz CT molecular complexity index is 463. The summed E-state index contributed by atoms with van der Waals surface area (Å²) in [5.74, 6) is 1.21. The van der Waals surface area contributed by atoms with Gasteiger partial charge in [0.25, 0.3) is 0 Å². The maximum atomic E-state index is 12.5. The number of likely N-dealkylation sites (tertiary alicyclic amines) is 1. The molecule has 0 spiro atoms. The maximum absolute atomic E-state index is 12.5. The van der Waals surface area contributed by atoms with Gasteiger partial charge in [-0.2, -0.15) is 5.26 Å². The zero-order valence-corrected chi connectivity index (χ0v) is 13.5. The van der Waals surface area contributed by atoms with Gasteiger partial charge in [-0.3, -0.25) is 9.69 Å². The first-order valence-corrected chi connectivity index (χ1v) is 8.23. The minimum absolute atomic E-state index is 0.0661. The van der Waals surface area contributed by atoms with Crippen LogP contribution in [0, 0.1) is 17.2 Å². The lowest BCUT2D eigenvalue weighted by atomic mass is 10.1. The molecule has 2 saturated heterocycles. The Hall–Kier alpha value is -1.42. The van der Waals surface area contributed by atoms with Crippen molar-refractivity contribution in [3.63, 3.8) is 0 Å². The quantitative estimate of drug-likeness (QED) is 0.736. The number of hydrogen-bond donors (Lipinski definition) is 0. The topological polar surface area (TPSA) is 73.6 Å². The minimum atomic E-state index is -0.612. The summed E-state index contributed by atoms with van der Waals surface area (Å²) in [7, 11) is 0. The molecule has 6 nitrogen and oxygen atoms in total. The molecule has 0 unspecified atom stereocenters. The van der Waals surface area contributed by atoms with Gasteiger partial charge in [-0.1, -0.05) is 0 Å². The minimum Gasteiger partial charge on any atom is -0.444 e. The maximum Gasteiger partial charge on any atom is 0.411 e. The van der Waals surface area contributed by atoms with Gasteiger partial charge in [-0.15, -0.1) is 11.8 Å². The molecule has 7 heteroatoms. The van der Waals surface area contributed by atoms with E-state index < -0.39 is 17.7 Å². The van der Waals surface area contributed by atoms with Crippen molar-refractivity contribution in [1.29, 1.82) is 5.26 Å². The van der Waals surface area contributed by atoms with E-state index in [0.717, 1.165) is 5.75 Å². The number of carbonyl (C=O) groups excluding carboxylic acids is 2. The number of rotatable bonds is 1. The molecule has 0 aliphatic carbocycles. The van der Waals surface area contributed by atoms with Gasteiger partial charge < -0.3 is 9.64 Å². The van der Waals surface area contributed by atoms with Crippen molar-refractivity contribution in [3.05, 3.63) is 0 Å². The zero-order valence-electron chi connectivity index (χ0n) is 12.7. The summed E-state index contributed by atoms with van der Waals surface area (Å²) in [5.41, 5.74) is -0.612. The van der Waals surface area contributed by atoms with Gasteiger partial charge in [0.15, 0.2) is 0 Å². The fraction of sp³-hybridized carbons (Fsp3) is 0.786. The first-order chi connectivity index (χ1) is 9.81. The molecule has 0 bridgehead atoms. The Balaban J connectivity index is 2.11. The predicted octanol–water partition coefficient (Wildman–Crippen LogP) is 1.67. The largest absolute Gasteiger partial charge is 0.444 e. The Labute approximate surface area is 129 Å². The molecule has 2 rings (SSSR count). The molecular formula is C14H21N3O3S. The van der Waals surface area contributed by atoms with Crippen LogP contribution in [-0.4, -0.2) is 58.2 Å². The van der Waals surface area contributed by atoms with Gasteiger partial charge in [0.1, 0.15) is 11.6 Å². The Morgan fingerprint density at radius 1 is 1.38 bits per heavy atom. The van der Waals surface area contributed by atoms with Crippen molar-refractivity contribution >= 4 is 23.8 Å². The summed E-state index contributed by atoms with van der Waals surface area (Å²) < 4.78 is 5.36. The molecule has 2 aliphatic heterocycles. The average molecular weight is 311 g/mol. The van der Waals surface area contributed by atoms with Crippen molar-refractivity contribution in [3.8, 4) is 6.07 Å². The third kappa shape index (κ3) is 3.82. The van der Waals surface area contributed by atoms with Crippen LogP contribution < -0.4 is 0 Å². The van der Waals surface area contributed by atoms with Crippen molar-refractivity contribution < 1.29 is 14.3 Å². The number of nitriles is 1. The highest BCUT2D eigenvalue weighted by atomic mass is 32.2. The molecule has 0 radical (unpaired) electrons. The molecule has 0 saturated carbocycles. The zero-order chi connectivity index (χ0) is 15.6. The number of carbonyl (C=O) groups is 2. The lowest BCUT2D eigenvalue weighted by Crippen LogP contribution is -2.48. The smallest absolute Gasteiger partial charge is 0.411 e. The van der Waals surface area contributed by atoms with Gasteiger partial charge in [-0.05, 0) is 27.2 Å². The third-order valence-corrected chi connectivity index (χ3v) is 4.43. The van der Waals surface area contributed by atoms with Crippen LogP contribution in [-0.2, 0) is 9.53 Å². The van der Waals surface area contributed by atoms with Crippen LogP contribution in [0.1, 0.15) is 27.2 Å². The van der Waals surface area contributed by atoms with E-state index in [2.05, 4.69) is 6.07 Å². The van der Waals surface area contributed by atoms with Crippen LogP contribution in [0.15, 0.2) is 0 Å². The summed E-state index contributed by atoms with van der Waals surface area (Å²) in [4.78, 5) is 28.0. The average Bonchev–Trinajstić information content (AvgIpc) is 3.05. The number of thioether (sulfide) groups is 1. The van der Waals surface area contributed by atoms with E-state index >= 15 is 0 Å². The van der Waals surface area contributed by atoms with E-state index in [1.165, 1.54) is 4.90 Å². The molecule has 2 amide bonds. The van der Waals surface area contributed by atoms with Crippen LogP contribution in [0.5, 0.6) is 0 Å². The first-order valence-electron chi connectivity index (χ1n) is 7.07. The monoisotopic (exact) mass is 311 g/mol. The highest BCUT2D eigenvalue weighted by Crippen LogP contribution is 2.28. The van der Waals surface area contributed by atoms with Crippen molar-refractivity contribution in [2.24, 2.45) is 5.92 Å². The molecule has 0 aromatic carbocycles. The molecule has 0 aromatic heterocycles. The molecule has 2 heterocycles. The van der Waals surface area contributed by atoms with Gasteiger partial charge in [0.2, 0.25) is 5.91 Å². The first kappa shape index (κ1) is 16.0. The van der Waals surface area contributed by atoms with Crippen LogP contribution in [0.25, 0.3) is 0 Å². The van der Waals surface area contributed by atoms with E-state index in [0.29, 0.717) is 18.8 Å². The van der Waals surface area contributed by atoms with Crippen LogP contribution in [0.3, 0.4) is 0 Å². The lowest BCUT2D eigenvalue weighted by molar-refractivity contribution is -0.134. The second kappa shape index (κ2) is 6.14. The van der Waals surface area contributed by atoms with Crippen molar-refractivity contribution in [2.45, 2.75) is 38.8 Å². The Morgan fingerprint density at radius 2 is 2.10 bits per heavy atom. The second-order valence-electron chi connectivity index (χ2n) is 6.35. The number of ether oxygens (including phenoxy) is 1. The molecule has 2 aliphatic rings. The molecule has 0 N–H and O–H groups in total. The van der Waals surface area contributed by atoms with Gasteiger partial charge >= 0.3 is 6.09 Å². The third-order valence-electron chi connectivity index (χ3n) is 3.46. The van der Waals surface area contributed by atoms with E-state index in [1.54, 1.807) is 37.4 Å². The number of amides is 2. The summed E-state index contributed by atoms with van der Waals surface area (Å²) in [6, 6.07) is 1.60. The summed E-state index contributed by atoms with van der Waals surface area (Å²) in [6.45, 7) is 6.34. The summed E-state index contributed by atoms with van der Waals surface area (Å²) >= 11 is 1.70. The lowest BCUT2D eigenvalue weighted by Gasteiger charge is -2.29. The Kier molecular flexibility index (Phi) is 4.67. The number of hydrogen-bond acceptors (Lipinski definition) is 5. The Morgan fingerprint density at radius 3 is 2.62 bits per heavy atom. The fourth-order valence-corrected chi connectivity index (χ4v) is 3.44. The molecule has 2 fully saturated rings. The van der Waals surface area contributed by atoms with Crippen LogP contribution >= 0.6 is 11.8 Å². The molecule has 0 aromatic rings. The molecular weight excluding hydrogens is 290 g/mol. The summed E-state index contributed by atoms with van der Waals surface area (Å²) in [6.07, 6.45) is -0.110. The highest BCUT2D eigenvalue weighted by Gasteiger charge is 2.43. The molecule has 21 heavy (non-hydrogen) atoms. The van der Waals surface area contributed by atoms with E-state index in [4.69, 9.17) is 10.00 Å². The standard InChI is InChI=1S/C14H21N3O3S/c1-14(2,3)20-13(19)17-8-10(7-15)6-11(17)12(18)16-4-5-21-9-16/h10-11H,4-6,8-9H2,1-3H3/t10-,11+/m1/s1. The fourth-order valence-electron chi connectivity index (χ4n) is 2.48. The normalized spacial score (nSPS) is 25.8. The SMILES string of the molecule is CC(C)(C)OC(=O)N1C[C@@H](C#N)C[C@H]1C(=O)N1CCSC1. The second-order valence-corrected chi connectivity index (χ2v) is 7.42. The predicted molar refractivity (Wildman–Crippen MR) is 79.5 cm³/mol. The van der Waals surface area contributed by atoms with Crippen LogP contribution in [0.2, 0.25) is 0 Å². The van der Waals surface area contributed by atoms with E-state index in [-0.39, 0.29) is 18.4 Å². The molecule has 2 atom stereocenters. The summed E-state index contributed by atoms with van der Waals surface area (Å²) in [5, 5.41) is 9.11. The van der Waals surface area contributed by atoms with E-state index in [9.17, 15) is 9.59 Å². The van der Waals surface area contributed by atoms with Gasteiger partial charge in [0.05, 0.1) is 17.9 Å². The number of nitrogens with zero attached hydrogens (tertiary/aromatic N) is 3. The van der Waals surface area contributed by atoms with Gasteiger partial charge in [0, 0.05) is 18.8 Å². The van der Waals surface area contributed by atoms with Gasteiger partial charge in [-0.25, -0.2) is 4.79 Å². The van der Waals surface area contributed by atoms with Crippen molar-refractivity contribution in [2.75, 3.05) is 24.7 Å². The highest BCUT2D eigenvalue weighted by molar-refractivity contribution is 7.99. The van der Waals surface area contributed by atoms with E-state index in [1.807, 2.05) is 0 Å². The van der Waals surface area contributed by atoms with Crippen molar-refractivity contribution in [1.82, 2.24) is 9.80 Å². The molecule has 116 valence electrons. The van der Waals surface area contributed by atoms with Crippen LogP contribution in [0.4, 0.5) is 4.79 Å².